The molecule has 2 fully saturated rings. The maximum Gasteiger partial charge on any atom is 0.234 e. The molecule has 2 amide bonds. The van der Waals surface area contributed by atoms with Crippen LogP contribution >= 0.6 is 0 Å². The molecule has 6 heteroatoms. The number of benzene rings is 1. The van der Waals surface area contributed by atoms with E-state index in [4.69, 9.17) is 0 Å². The molecular weight excluding hydrogens is 362 g/mol. The molecule has 0 aromatic heterocycles. The van der Waals surface area contributed by atoms with Crippen molar-refractivity contribution in [1.29, 1.82) is 0 Å². The quantitative estimate of drug-likeness (QED) is 0.748. The van der Waals surface area contributed by atoms with Gasteiger partial charge in [-0.3, -0.25) is 14.9 Å². The average Bonchev–Trinajstić information content (AvgIpc) is 2.66. The van der Waals surface area contributed by atoms with Gasteiger partial charge in [-0.05, 0) is 43.6 Å². The van der Waals surface area contributed by atoms with Crippen LogP contribution in [0, 0.1) is 23.5 Å². The molecule has 4 nitrogen and oxygen atoms in total. The Labute approximate surface area is 166 Å². The number of hydrogen-bond acceptors (Lipinski definition) is 3. The molecule has 28 heavy (non-hydrogen) atoms. The van der Waals surface area contributed by atoms with Gasteiger partial charge in [0.25, 0.3) is 0 Å². The first kappa shape index (κ1) is 22.3. The number of nitrogens with one attached hydrogen (secondary N) is 1. The van der Waals surface area contributed by atoms with Gasteiger partial charge in [0, 0.05) is 31.1 Å². The van der Waals surface area contributed by atoms with Crippen LogP contribution in [0.5, 0.6) is 0 Å². The third kappa shape index (κ3) is 5.30. The van der Waals surface area contributed by atoms with E-state index in [1.807, 2.05) is 18.7 Å². The Kier molecular flexibility index (Phi) is 7.96. The van der Waals surface area contributed by atoms with Crippen molar-refractivity contribution in [2.24, 2.45) is 11.8 Å². The van der Waals surface area contributed by atoms with Gasteiger partial charge in [0.05, 0.1) is 11.6 Å². The fourth-order valence-corrected chi connectivity index (χ4v) is 4.13. The summed E-state index contributed by atoms with van der Waals surface area (Å²) in [6.07, 6.45) is 3.48. The van der Waals surface area contributed by atoms with Crippen molar-refractivity contribution in [3.8, 4) is 0 Å². The summed E-state index contributed by atoms with van der Waals surface area (Å²) < 4.78 is 29.3. The standard InChI is InChI=1S/C20H26F2N2O2.C2H6/c1-12(2)9-13-5-7-24(8-6-13)18-11-16(21)15(10-17(18)22)14-3-4-19(25)23-20(14)26;1-2/h10-14H,3-9H2,1-2H3,(H,23,25,26);1-2H3. The fourth-order valence-electron chi connectivity index (χ4n) is 4.13. The molecular formula is C22H32F2N2O2. The van der Waals surface area contributed by atoms with Crippen LogP contribution in [0.1, 0.15) is 71.3 Å². The Hall–Kier alpha value is -1.98. The minimum atomic E-state index is -0.812. The van der Waals surface area contributed by atoms with Crippen molar-refractivity contribution in [2.75, 3.05) is 18.0 Å². The van der Waals surface area contributed by atoms with Crippen molar-refractivity contribution in [1.82, 2.24) is 5.32 Å². The van der Waals surface area contributed by atoms with Crippen LogP contribution in [0.3, 0.4) is 0 Å². The normalized spacial score (nSPS) is 20.7. The van der Waals surface area contributed by atoms with E-state index < -0.39 is 23.5 Å². The van der Waals surface area contributed by atoms with Crippen LogP contribution in [0.15, 0.2) is 12.1 Å². The van der Waals surface area contributed by atoms with Crippen molar-refractivity contribution in [2.45, 2.75) is 65.7 Å². The molecule has 0 saturated carbocycles. The highest BCUT2D eigenvalue weighted by Gasteiger charge is 2.31. The molecule has 1 atom stereocenters. The maximum absolute atomic E-state index is 14.7. The molecule has 1 aromatic carbocycles. The van der Waals surface area contributed by atoms with Gasteiger partial charge < -0.3 is 4.90 Å². The van der Waals surface area contributed by atoms with E-state index in [1.165, 1.54) is 12.5 Å². The topological polar surface area (TPSA) is 49.4 Å². The van der Waals surface area contributed by atoms with E-state index in [0.29, 0.717) is 24.9 Å². The molecule has 2 aliphatic rings. The zero-order valence-corrected chi connectivity index (χ0v) is 17.4. The van der Waals surface area contributed by atoms with Crippen LogP contribution in [-0.4, -0.2) is 24.9 Å². The van der Waals surface area contributed by atoms with Gasteiger partial charge >= 0.3 is 0 Å². The molecule has 2 saturated heterocycles. The number of piperidine rings is 2. The van der Waals surface area contributed by atoms with E-state index in [0.717, 1.165) is 18.9 Å². The first-order valence-corrected chi connectivity index (χ1v) is 10.4. The van der Waals surface area contributed by atoms with Gasteiger partial charge in [0.15, 0.2) is 0 Å². The maximum atomic E-state index is 14.7. The van der Waals surface area contributed by atoms with E-state index in [9.17, 15) is 18.4 Å². The molecule has 0 aliphatic carbocycles. The van der Waals surface area contributed by atoms with Crippen molar-refractivity contribution < 1.29 is 18.4 Å². The number of amides is 2. The highest BCUT2D eigenvalue weighted by molar-refractivity contribution is 6.01. The molecule has 1 N–H and O–H groups in total. The molecule has 1 aromatic rings. The van der Waals surface area contributed by atoms with Gasteiger partial charge in [-0.1, -0.05) is 27.7 Å². The lowest BCUT2D eigenvalue weighted by atomic mass is 9.88. The summed E-state index contributed by atoms with van der Waals surface area (Å²) in [4.78, 5) is 25.1. The molecule has 0 spiro atoms. The zero-order valence-electron chi connectivity index (χ0n) is 17.4. The predicted octanol–water partition coefficient (Wildman–Crippen LogP) is 4.77. The summed E-state index contributed by atoms with van der Waals surface area (Å²) in [5, 5.41) is 2.20. The van der Waals surface area contributed by atoms with Gasteiger partial charge in [-0.25, -0.2) is 8.78 Å². The Balaban J connectivity index is 0.00000136. The Bertz CT molecular complexity index is 698. The Morgan fingerprint density at radius 3 is 2.29 bits per heavy atom. The molecule has 1 unspecified atom stereocenters. The summed E-state index contributed by atoms with van der Waals surface area (Å²) >= 11 is 0. The average molecular weight is 395 g/mol. The smallest absolute Gasteiger partial charge is 0.234 e. The number of rotatable bonds is 4. The summed E-state index contributed by atoms with van der Waals surface area (Å²) in [7, 11) is 0. The molecule has 156 valence electrons. The van der Waals surface area contributed by atoms with E-state index in [1.54, 1.807) is 0 Å². The lowest BCUT2D eigenvalue weighted by Gasteiger charge is -2.34. The fraction of sp³-hybridized carbons (Fsp3) is 0.636. The highest BCUT2D eigenvalue weighted by atomic mass is 19.1. The van der Waals surface area contributed by atoms with Gasteiger partial charge in [0.1, 0.15) is 11.6 Å². The summed E-state index contributed by atoms with van der Waals surface area (Å²) in [5.74, 6) is -1.54. The predicted molar refractivity (Wildman–Crippen MR) is 107 cm³/mol. The number of halogens is 2. The minimum absolute atomic E-state index is 0.0333. The van der Waals surface area contributed by atoms with Crippen molar-refractivity contribution in [3.63, 3.8) is 0 Å². The van der Waals surface area contributed by atoms with Crippen LogP contribution in [0.2, 0.25) is 0 Å². The lowest BCUT2D eigenvalue weighted by Crippen LogP contribution is -2.40. The minimum Gasteiger partial charge on any atom is -0.369 e. The molecule has 2 aliphatic heterocycles. The number of hydrogen-bond donors (Lipinski definition) is 1. The number of nitrogens with zero attached hydrogens (tertiary/aromatic N) is 1. The van der Waals surface area contributed by atoms with E-state index in [-0.39, 0.29) is 30.0 Å². The first-order chi connectivity index (χ1) is 13.3. The second-order valence-electron chi connectivity index (χ2n) is 7.89. The third-order valence-corrected chi connectivity index (χ3v) is 5.44. The lowest BCUT2D eigenvalue weighted by molar-refractivity contribution is -0.134. The van der Waals surface area contributed by atoms with Gasteiger partial charge in [-0.2, -0.15) is 0 Å². The monoisotopic (exact) mass is 394 g/mol. The molecule has 2 heterocycles. The van der Waals surface area contributed by atoms with Crippen LogP contribution in [-0.2, 0) is 9.59 Å². The second kappa shape index (κ2) is 9.99. The number of anilines is 1. The second-order valence-corrected chi connectivity index (χ2v) is 7.89. The zero-order chi connectivity index (χ0) is 20.8. The van der Waals surface area contributed by atoms with E-state index >= 15 is 0 Å². The Morgan fingerprint density at radius 1 is 1.07 bits per heavy atom. The molecule has 3 rings (SSSR count). The summed E-state index contributed by atoms with van der Waals surface area (Å²) in [6.45, 7) is 9.83. The summed E-state index contributed by atoms with van der Waals surface area (Å²) in [5.41, 5.74) is 0.299. The van der Waals surface area contributed by atoms with E-state index in [2.05, 4.69) is 19.2 Å². The number of carbonyl (C=O) groups is 2. The van der Waals surface area contributed by atoms with Gasteiger partial charge in [0.2, 0.25) is 11.8 Å². The highest BCUT2D eigenvalue weighted by Crippen LogP contribution is 2.34. The third-order valence-electron chi connectivity index (χ3n) is 5.44. The SMILES string of the molecule is CC.CC(C)CC1CCN(c2cc(F)c(C3CCC(=O)NC3=O)cc2F)CC1. The Morgan fingerprint density at radius 2 is 1.71 bits per heavy atom. The van der Waals surface area contributed by atoms with Crippen LogP contribution in [0.4, 0.5) is 14.5 Å². The van der Waals surface area contributed by atoms with Crippen LogP contribution in [0.25, 0.3) is 0 Å². The van der Waals surface area contributed by atoms with Crippen molar-refractivity contribution >= 4 is 17.5 Å². The van der Waals surface area contributed by atoms with Crippen molar-refractivity contribution in [3.05, 3.63) is 29.3 Å². The molecule has 0 radical (unpaired) electrons. The molecule has 0 bridgehead atoms. The van der Waals surface area contributed by atoms with Crippen LogP contribution < -0.4 is 10.2 Å². The number of imide groups is 1. The number of carbonyl (C=O) groups excluding carboxylic acids is 2. The van der Waals surface area contributed by atoms with Gasteiger partial charge in [-0.15, -0.1) is 0 Å². The summed E-state index contributed by atoms with van der Waals surface area (Å²) in [6, 6.07) is 2.34. The largest absolute Gasteiger partial charge is 0.369 e. The first-order valence-electron chi connectivity index (χ1n) is 10.4.